The number of halogens is 2. The van der Waals surface area contributed by atoms with Gasteiger partial charge in [0, 0.05) is 23.4 Å². The van der Waals surface area contributed by atoms with E-state index in [1.54, 1.807) is 18.2 Å². The van der Waals surface area contributed by atoms with Crippen LogP contribution in [0.5, 0.6) is 5.75 Å². The molecule has 0 saturated carbocycles. The van der Waals surface area contributed by atoms with E-state index in [0.29, 0.717) is 16.7 Å². The Morgan fingerprint density at radius 3 is 3.11 bits per heavy atom. The molecule has 19 heavy (non-hydrogen) atoms. The van der Waals surface area contributed by atoms with Crippen LogP contribution in [0.1, 0.15) is 12.8 Å². The SMILES string of the molecule is O=C(COc1cccc(Cl)c1)N1CCC(CCBr)C1. The molecular weight excluding hydrogens is 330 g/mol. The lowest BCUT2D eigenvalue weighted by atomic mass is 10.1. The summed E-state index contributed by atoms with van der Waals surface area (Å²) in [7, 11) is 0. The lowest BCUT2D eigenvalue weighted by molar-refractivity contribution is -0.132. The second-order valence-electron chi connectivity index (χ2n) is 4.72. The highest BCUT2D eigenvalue weighted by molar-refractivity contribution is 9.09. The van der Waals surface area contributed by atoms with Gasteiger partial charge in [0.25, 0.3) is 5.91 Å². The molecule has 1 aliphatic heterocycles. The number of rotatable bonds is 5. The van der Waals surface area contributed by atoms with Crippen LogP contribution in [0, 0.1) is 5.92 Å². The van der Waals surface area contributed by atoms with Gasteiger partial charge in [0.15, 0.2) is 6.61 Å². The van der Waals surface area contributed by atoms with E-state index in [1.165, 1.54) is 0 Å². The number of benzene rings is 1. The van der Waals surface area contributed by atoms with Crippen molar-refractivity contribution in [2.24, 2.45) is 5.92 Å². The third-order valence-electron chi connectivity index (χ3n) is 3.31. The second kappa shape index (κ2) is 7.15. The third kappa shape index (κ3) is 4.39. The van der Waals surface area contributed by atoms with Crippen LogP contribution in [-0.2, 0) is 4.79 Å². The molecule has 3 nitrogen and oxygen atoms in total. The zero-order valence-electron chi connectivity index (χ0n) is 10.6. The average Bonchev–Trinajstić information content (AvgIpc) is 2.85. The Kier molecular flexibility index (Phi) is 5.52. The Morgan fingerprint density at radius 1 is 1.53 bits per heavy atom. The molecule has 0 radical (unpaired) electrons. The molecule has 0 aliphatic carbocycles. The lowest BCUT2D eigenvalue weighted by Gasteiger charge is -2.16. The third-order valence-corrected chi connectivity index (χ3v) is 4.01. The Labute approximate surface area is 127 Å². The summed E-state index contributed by atoms with van der Waals surface area (Å²) in [4.78, 5) is 13.9. The minimum Gasteiger partial charge on any atom is -0.484 e. The molecular formula is C14H17BrClNO2. The smallest absolute Gasteiger partial charge is 0.260 e. The van der Waals surface area contributed by atoms with Crippen LogP contribution in [0.25, 0.3) is 0 Å². The number of hydrogen-bond acceptors (Lipinski definition) is 2. The predicted octanol–water partition coefficient (Wildman–Crippen LogP) is 3.35. The molecule has 5 heteroatoms. The van der Waals surface area contributed by atoms with Gasteiger partial charge in [-0.25, -0.2) is 0 Å². The molecule has 1 fully saturated rings. The van der Waals surface area contributed by atoms with E-state index in [0.717, 1.165) is 31.3 Å². The number of carbonyl (C=O) groups excluding carboxylic acids is 1. The van der Waals surface area contributed by atoms with Gasteiger partial charge >= 0.3 is 0 Å². The number of ether oxygens (including phenoxy) is 1. The van der Waals surface area contributed by atoms with Crippen molar-refractivity contribution in [2.75, 3.05) is 25.0 Å². The topological polar surface area (TPSA) is 29.5 Å². The van der Waals surface area contributed by atoms with Crippen molar-refractivity contribution < 1.29 is 9.53 Å². The van der Waals surface area contributed by atoms with Crippen molar-refractivity contribution in [3.8, 4) is 5.75 Å². The summed E-state index contributed by atoms with van der Waals surface area (Å²) in [5.74, 6) is 1.31. The van der Waals surface area contributed by atoms with Gasteiger partial charge in [-0.1, -0.05) is 33.6 Å². The quantitative estimate of drug-likeness (QED) is 0.765. The van der Waals surface area contributed by atoms with Gasteiger partial charge < -0.3 is 9.64 Å². The molecule has 1 aromatic carbocycles. The minimum atomic E-state index is 0.0528. The van der Waals surface area contributed by atoms with E-state index in [2.05, 4.69) is 15.9 Å². The largest absolute Gasteiger partial charge is 0.484 e. The van der Waals surface area contributed by atoms with Crippen LogP contribution in [0.2, 0.25) is 5.02 Å². The van der Waals surface area contributed by atoms with Gasteiger partial charge in [0.05, 0.1) is 0 Å². The molecule has 1 unspecified atom stereocenters. The lowest BCUT2D eigenvalue weighted by Crippen LogP contribution is -2.33. The second-order valence-corrected chi connectivity index (χ2v) is 5.95. The van der Waals surface area contributed by atoms with Crippen molar-refractivity contribution in [3.63, 3.8) is 0 Å². The van der Waals surface area contributed by atoms with Gasteiger partial charge in [0.2, 0.25) is 0 Å². The summed E-state index contributed by atoms with van der Waals surface area (Å²) < 4.78 is 5.47. The van der Waals surface area contributed by atoms with Crippen molar-refractivity contribution in [3.05, 3.63) is 29.3 Å². The zero-order chi connectivity index (χ0) is 13.7. The number of amides is 1. The summed E-state index contributed by atoms with van der Waals surface area (Å²) >= 11 is 9.31. The van der Waals surface area contributed by atoms with Crippen LogP contribution in [0.3, 0.4) is 0 Å². The van der Waals surface area contributed by atoms with Gasteiger partial charge in [-0.15, -0.1) is 0 Å². The zero-order valence-corrected chi connectivity index (χ0v) is 13.0. The van der Waals surface area contributed by atoms with E-state index in [-0.39, 0.29) is 12.5 Å². The highest BCUT2D eigenvalue weighted by atomic mass is 79.9. The Balaban J connectivity index is 1.79. The molecule has 104 valence electrons. The van der Waals surface area contributed by atoms with E-state index in [1.807, 2.05) is 11.0 Å². The van der Waals surface area contributed by atoms with Crippen LogP contribution < -0.4 is 4.74 Å². The fraction of sp³-hybridized carbons (Fsp3) is 0.500. The molecule has 0 aromatic heterocycles. The molecule has 0 spiro atoms. The molecule has 1 heterocycles. The van der Waals surface area contributed by atoms with Crippen molar-refractivity contribution in [1.82, 2.24) is 4.90 Å². The average molecular weight is 347 g/mol. The van der Waals surface area contributed by atoms with Crippen LogP contribution >= 0.6 is 27.5 Å². The first-order valence-electron chi connectivity index (χ1n) is 6.41. The Hall–Kier alpha value is -0.740. The maximum Gasteiger partial charge on any atom is 0.260 e. The van der Waals surface area contributed by atoms with Crippen molar-refractivity contribution >= 4 is 33.4 Å². The number of hydrogen-bond donors (Lipinski definition) is 0. The first kappa shape index (κ1) is 14.7. The Bertz CT molecular complexity index is 441. The van der Waals surface area contributed by atoms with E-state index in [4.69, 9.17) is 16.3 Å². The number of likely N-dealkylation sites (tertiary alicyclic amines) is 1. The van der Waals surface area contributed by atoms with Gasteiger partial charge in [-0.05, 0) is 37.0 Å². The van der Waals surface area contributed by atoms with Crippen LogP contribution in [-0.4, -0.2) is 35.8 Å². The van der Waals surface area contributed by atoms with Crippen LogP contribution in [0.15, 0.2) is 24.3 Å². The van der Waals surface area contributed by atoms with E-state index < -0.39 is 0 Å². The molecule has 1 atom stereocenters. The molecule has 1 saturated heterocycles. The van der Waals surface area contributed by atoms with Crippen molar-refractivity contribution in [2.45, 2.75) is 12.8 Å². The molecule has 1 aliphatic rings. The molecule has 1 aromatic rings. The van der Waals surface area contributed by atoms with Gasteiger partial charge in [0.1, 0.15) is 5.75 Å². The first-order chi connectivity index (χ1) is 9.19. The van der Waals surface area contributed by atoms with Crippen LogP contribution in [0.4, 0.5) is 0 Å². The van der Waals surface area contributed by atoms with Crippen molar-refractivity contribution in [1.29, 1.82) is 0 Å². The van der Waals surface area contributed by atoms with Gasteiger partial charge in [-0.2, -0.15) is 0 Å². The fourth-order valence-corrected chi connectivity index (χ4v) is 3.07. The molecule has 0 bridgehead atoms. The maximum atomic E-state index is 12.0. The van der Waals surface area contributed by atoms with E-state index >= 15 is 0 Å². The number of carbonyl (C=O) groups is 1. The standard InChI is InChI=1S/C14H17BrClNO2/c15-6-4-11-5-7-17(9-11)14(18)10-19-13-3-1-2-12(16)8-13/h1-3,8,11H,4-7,9-10H2. The summed E-state index contributed by atoms with van der Waals surface area (Å²) in [5.41, 5.74) is 0. The highest BCUT2D eigenvalue weighted by Crippen LogP contribution is 2.21. The molecule has 0 N–H and O–H groups in total. The van der Waals surface area contributed by atoms with Gasteiger partial charge in [-0.3, -0.25) is 4.79 Å². The number of alkyl halides is 1. The maximum absolute atomic E-state index is 12.0. The predicted molar refractivity (Wildman–Crippen MR) is 80.0 cm³/mol. The summed E-state index contributed by atoms with van der Waals surface area (Å²) in [6.07, 6.45) is 2.22. The Morgan fingerprint density at radius 2 is 2.37 bits per heavy atom. The monoisotopic (exact) mass is 345 g/mol. The normalized spacial score (nSPS) is 18.6. The summed E-state index contributed by atoms with van der Waals surface area (Å²) in [5, 5.41) is 1.61. The number of nitrogens with zero attached hydrogens (tertiary/aromatic N) is 1. The minimum absolute atomic E-state index is 0.0528. The molecule has 1 amide bonds. The fourth-order valence-electron chi connectivity index (χ4n) is 2.24. The highest BCUT2D eigenvalue weighted by Gasteiger charge is 2.25. The molecule has 2 rings (SSSR count). The van der Waals surface area contributed by atoms with E-state index in [9.17, 15) is 4.79 Å². The summed E-state index contributed by atoms with van der Waals surface area (Å²) in [6, 6.07) is 7.11. The summed E-state index contributed by atoms with van der Waals surface area (Å²) in [6.45, 7) is 1.78. The first-order valence-corrected chi connectivity index (χ1v) is 7.91.